The van der Waals surface area contributed by atoms with Crippen LogP contribution in [0.5, 0.6) is 0 Å². The first-order chi connectivity index (χ1) is 6.32. The molecule has 14 heavy (non-hydrogen) atoms. The van der Waals surface area contributed by atoms with Gasteiger partial charge in [0, 0.05) is 11.8 Å². The molecule has 0 aliphatic carbocycles. The molecule has 0 N–H and O–H groups in total. The molecule has 0 aromatic carbocycles. The number of pyridine rings is 1. The van der Waals surface area contributed by atoms with E-state index in [0.29, 0.717) is 6.20 Å². The summed E-state index contributed by atoms with van der Waals surface area (Å²) in [6.45, 7) is -1.86. The topological polar surface area (TPSA) is 12.9 Å². The van der Waals surface area contributed by atoms with E-state index in [1.54, 1.807) is 13.8 Å². The average molecular weight is 206 g/mol. The summed E-state index contributed by atoms with van der Waals surface area (Å²) in [7, 11) is 0. The number of rotatable bonds is 2. The highest BCUT2D eigenvalue weighted by atomic mass is 19.4. The lowest BCUT2D eigenvalue weighted by Gasteiger charge is -2.16. The van der Waals surface area contributed by atoms with Crippen LogP contribution in [0, 0.1) is 5.95 Å². The number of hydrogen-bond donors (Lipinski definition) is 0. The van der Waals surface area contributed by atoms with Gasteiger partial charge in [0.05, 0.1) is 0 Å². The minimum atomic E-state index is -5.10. The molecule has 0 aliphatic heterocycles. The van der Waals surface area contributed by atoms with Crippen molar-refractivity contribution in [2.75, 3.05) is 0 Å². The van der Waals surface area contributed by atoms with Crippen molar-refractivity contribution in [3.63, 3.8) is 0 Å². The second-order valence-corrected chi connectivity index (χ2v) is 3.38. The molecule has 0 saturated heterocycles. The first-order valence-corrected chi connectivity index (χ1v) is 4.17. The standard InChI is InChI=1S/C8H9BF4N/c1-5(2)7-3-6(9(11,12)13)4-14-8(7)10/h3-5H,1-2H3/q-1. The van der Waals surface area contributed by atoms with Crippen LogP contribution >= 0.6 is 0 Å². The van der Waals surface area contributed by atoms with Crippen LogP contribution in [0.25, 0.3) is 0 Å². The second-order valence-electron chi connectivity index (χ2n) is 3.38. The number of halogens is 4. The number of nitrogens with zero attached hydrogens (tertiary/aromatic N) is 1. The van der Waals surface area contributed by atoms with Crippen LogP contribution in [0.4, 0.5) is 17.3 Å². The third-order valence-corrected chi connectivity index (χ3v) is 1.89. The van der Waals surface area contributed by atoms with E-state index in [1.807, 2.05) is 0 Å². The highest BCUT2D eigenvalue weighted by molar-refractivity contribution is 6.73. The van der Waals surface area contributed by atoms with Crippen LogP contribution in [-0.4, -0.2) is 12.0 Å². The molecular weight excluding hydrogens is 197 g/mol. The Kier molecular flexibility index (Phi) is 2.82. The van der Waals surface area contributed by atoms with Crippen LogP contribution in [0.15, 0.2) is 12.3 Å². The van der Waals surface area contributed by atoms with Gasteiger partial charge < -0.3 is 12.9 Å². The van der Waals surface area contributed by atoms with E-state index < -0.39 is 18.4 Å². The molecule has 0 atom stereocenters. The van der Waals surface area contributed by atoms with Crippen molar-refractivity contribution in [1.29, 1.82) is 0 Å². The van der Waals surface area contributed by atoms with Gasteiger partial charge in [-0.05, 0) is 5.92 Å². The van der Waals surface area contributed by atoms with Crippen LogP contribution in [0.1, 0.15) is 25.3 Å². The summed E-state index contributed by atoms with van der Waals surface area (Å²) in [4.78, 5) is 3.10. The maximum atomic E-state index is 12.9. The van der Waals surface area contributed by atoms with Crippen LogP contribution in [0.2, 0.25) is 0 Å². The predicted octanol–water partition coefficient (Wildman–Crippen LogP) is 2.40. The monoisotopic (exact) mass is 206 g/mol. The quantitative estimate of drug-likeness (QED) is 0.411. The summed E-state index contributed by atoms with van der Waals surface area (Å²) >= 11 is 0. The molecule has 0 aliphatic rings. The van der Waals surface area contributed by atoms with Crippen molar-refractivity contribution in [3.8, 4) is 0 Å². The Bertz CT molecular complexity index is 335. The average Bonchev–Trinajstić information content (AvgIpc) is 2.02. The fourth-order valence-corrected chi connectivity index (χ4v) is 1.07. The molecule has 0 unspecified atom stereocenters. The van der Waals surface area contributed by atoms with Gasteiger partial charge in [-0.15, -0.1) is 0 Å². The Labute approximate surface area is 79.2 Å². The van der Waals surface area contributed by atoms with Gasteiger partial charge in [-0.1, -0.05) is 25.4 Å². The van der Waals surface area contributed by atoms with Crippen molar-refractivity contribution < 1.29 is 17.3 Å². The molecule has 0 saturated carbocycles. The van der Waals surface area contributed by atoms with Crippen LogP contribution < -0.4 is 5.46 Å². The molecule has 78 valence electrons. The lowest BCUT2D eigenvalue weighted by atomic mass is 9.80. The van der Waals surface area contributed by atoms with E-state index in [9.17, 15) is 17.3 Å². The summed E-state index contributed by atoms with van der Waals surface area (Å²) in [5.41, 5.74) is -0.850. The zero-order chi connectivity index (χ0) is 10.9. The molecule has 1 rings (SSSR count). The first kappa shape index (κ1) is 11.0. The molecule has 6 heteroatoms. The molecule has 0 radical (unpaired) electrons. The molecule has 0 spiro atoms. The number of aromatic nitrogens is 1. The van der Waals surface area contributed by atoms with Crippen molar-refractivity contribution in [3.05, 3.63) is 23.8 Å². The minimum absolute atomic E-state index is 0.00157. The maximum absolute atomic E-state index is 12.9. The van der Waals surface area contributed by atoms with Gasteiger partial charge in [0.15, 0.2) is 0 Å². The molecule has 1 nitrogen and oxygen atoms in total. The van der Waals surface area contributed by atoms with E-state index in [1.165, 1.54) is 0 Å². The lowest BCUT2D eigenvalue weighted by Crippen LogP contribution is -2.35. The Hall–Kier alpha value is -1.07. The molecule has 1 aromatic heterocycles. The first-order valence-electron chi connectivity index (χ1n) is 4.17. The minimum Gasteiger partial charge on any atom is -0.445 e. The Morgan fingerprint density at radius 1 is 1.29 bits per heavy atom. The van der Waals surface area contributed by atoms with E-state index in [2.05, 4.69) is 4.98 Å². The van der Waals surface area contributed by atoms with Crippen molar-refractivity contribution in [1.82, 2.24) is 4.98 Å². The molecule has 1 aromatic rings. The van der Waals surface area contributed by atoms with Gasteiger partial charge in [0.2, 0.25) is 5.95 Å². The lowest BCUT2D eigenvalue weighted by molar-refractivity contribution is 0.499. The molecule has 0 amide bonds. The highest BCUT2D eigenvalue weighted by Crippen LogP contribution is 2.17. The Balaban J connectivity index is 3.20. The van der Waals surface area contributed by atoms with Crippen LogP contribution in [-0.2, 0) is 0 Å². The third-order valence-electron chi connectivity index (χ3n) is 1.89. The van der Waals surface area contributed by atoms with Gasteiger partial charge in [-0.2, -0.15) is 4.39 Å². The highest BCUT2D eigenvalue weighted by Gasteiger charge is 2.27. The summed E-state index contributed by atoms with van der Waals surface area (Å²) in [5, 5.41) is 0. The van der Waals surface area contributed by atoms with E-state index >= 15 is 0 Å². The fourth-order valence-electron chi connectivity index (χ4n) is 1.07. The predicted molar refractivity (Wildman–Crippen MR) is 47.0 cm³/mol. The SMILES string of the molecule is CC(C)c1cc([B-](F)(F)F)cnc1F. The Morgan fingerprint density at radius 2 is 1.86 bits per heavy atom. The zero-order valence-corrected chi connectivity index (χ0v) is 7.77. The summed E-state index contributed by atoms with van der Waals surface area (Å²) in [5.74, 6) is -1.13. The van der Waals surface area contributed by atoms with Crippen molar-refractivity contribution in [2.24, 2.45) is 0 Å². The Morgan fingerprint density at radius 3 is 2.29 bits per heavy atom. The smallest absolute Gasteiger partial charge is 0.445 e. The van der Waals surface area contributed by atoms with Crippen molar-refractivity contribution >= 4 is 12.4 Å². The molecule has 0 bridgehead atoms. The summed E-state index contributed by atoms with van der Waals surface area (Å²) in [6, 6.07) is 0.826. The molecular formula is C8H9BF4N-. The summed E-state index contributed by atoms with van der Waals surface area (Å²) in [6.07, 6.45) is 0.529. The van der Waals surface area contributed by atoms with E-state index in [-0.39, 0.29) is 11.5 Å². The van der Waals surface area contributed by atoms with Gasteiger partial charge >= 0.3 is 6.98 Å². The second kappa shape index (κ2) is 3.59. The molecule has 1 heterocycles. The van der Waals surface area contributed by atoms with E-state index in [4.69, 9.17) is 0 Å². The largest absolute Gasteiger partial charge is 0.511 e. The number of hydrogen-bond acceptors (Lipinski definition) is 1. The van der Waals surface area contributed by atoms with Gasteiger partial charge in [-0.25, -0.2) is 4.98 Å². The van der Waals surface area contributed by atoms with Crippen molar-refractivity contribution in [2.45, 2.75) is 19.8 Å². The normalized spacial score (nSPS) is 12.2. The maximum Gasteiger partial charge on any atom is 0.511 e. The molecule has 0 fully saturated rings. The van der Waals surface area contributed by atoms with E-state index in [0.717, 1.165) is 6.07 Å². The zero-order valence-electron chi connectivity index (χ0n) is 7.77. The fraction of sp³-hybridized carbons (Fsp3) is 0.375. The van der Waals surface area contributed by atoms with Crippen LogP contribution in [0.3, 0.4) is 0 Å². The third kappa shape index (κ3) is 2.24. The van der Waals surface area contributed by atoms with Gasteiger partial charge in [0.25, 0.3) is 0 Å². The summed E-state index contributed by atoms with van der Waals surface area (Å²) < 4.78 is 49.7. The van der Waals surface area contributed by atoms with Gasteiger partial charge in [-0.3, -0.25) is 0 Å². The van der Waals surface area contributed by atoms with Gasteiger partial charge in [0.1, 0.15) is 0 Å².